The van der Waals surface area contributed by atoms with Crippen molar-refractivity contribution in [3.05, 3.63) is 24.3 Å². The summed E-state index contributed by atoms with van der Waals surface area (Å²) in [6.45, 7) is 1.70. The van der Waals surface area contributed by atoms with Crippen molar-refractivity contribution in [2.45, 2.75) is 25.7 Å². The van der Waals surface area contributed by atoms with Crippen LogP contribution in [0.4, 0.5) is 11.4 Å². The molecule has 0 radical (unpaired) electrons. The molecule has 1 aromatic carbocycles. The number of anilines is 2. The molecule has 6 nitrogen and oxygen atoms in total. The number of hydrogen-bond acceptors (Lipinski definition) is 5. The monoisotopic (exact) mass is 320 g/mol. The Balaban J connectivity index is 1.82. The minimum Gasteiger partial charge on any atom is -0.454 e. The molecule has 1 aliphatic heterocycles. The predicted molar refractivity (Wildman–Crippen MR) is 88.6 cm³/mol. The molecule has 1 fully saturated rings. The predicted octanol–water partition coefficient (Wildman–Crippen LogP) is 2.20. The number of rotatable bonds is 6. The Labute approximate surface area is 136 Å². The van der Waals surface area contributed by atoms with Gasteiger partial charge in [0.1, 0.15) is 6.61 Å². The molecule has 1 aliphatic rings. The molecule has 1 saturated heterocycles. The third-order valence-electron chi connectivity index (χ3n) is 3.75. The lowest BCUT2D eigenvalue weighted by Crippen LogP contribution is -2.24. The fourth-order valence-corrected chi connectivity index (χ4v) is 2.59. The molecule has 0 aromatic heterocycles. The smallest absolute Gasteiger partial charge is 0.332 e. The summed E-state index contributed by atoms with van der Waals surface area (Å²) in [7, 11) is 1.40. The van der Waals surface area contributed by atoms with Crippen LogP contribution in [0.15, 0.2) is 24.3 Å². The highest BCUT2D eigenvalue weighted by Crippen LogP contribution is 2.21. The average Bonchev–Trinajstić information content (AvgIpc) is 2.83. The van der Waals surface area contributed by atoms with Crippen LogP contribution in [-0.4, -0.2) is 45.3 Å². The summed E-state index contributed by atoms with van der Waals surface area (Å²) in [5.74, 6) is -0.920. The van der Waals surface area contributed by atoms with E-state index in [1.165, 1.54) is 38.5 Å². The Bertz CT molecular complexity index is 508. The molecule has 0 aliphatic carbocycles. The summed E-state index contributed by atoms with van der Waals surface area (Å²) in [4.78, 5) is 25.2. The van der Waals surface area contributed by atoms with Gasteiger partial charge in [-0.3, -0.25) is 4.79 Å². The standard InChI is InChI=1S/C17H24N2O4/c1-22-13-17(21)23-12-16(20)18-14-6-8-15(9-7-14)19-10-4-2-3-5-11-19/h6-9H,2-5,10-13H2,1H3,(H,18,20). The Kier molecular flexibility index (Phi) is 6.87. The van der Waals surface area contributed by atoms with Crippen molar-refractivity contribution in [3.8, 4) is 0 Å². The third kappa shape index (κ3) is 5.90. The molecule has 0 bridgehead atoms. The number of carbonyl (C=O) groups is 2. The molecule has 0 spiro atoms. The van der Waals surface area contributed by atoms with E-state index in [0.717, 1.165) is 13.1 Å². The van der Waals surface area contributed by atoms with Crippen LogP contribution in [0.2, 0.25) is 0 Å². The molecular weight excluding hydrogens is 296 g/mol. The zero-order valence-electron chi connectivity index (χ0n) is 13.5. The van der Waals surface area contributed by atoms with E-state index >= 15 is 0 Å². The lowest BCUT2D eigenvalue weighted by molar-refractivity contribution is -0.150. The first-order valence-corrected chi connectivity index (χ1v) is 7.98. The molecule has 6 heteroatoms. The Morgan fingerprint density at radius 3 is 2.30 bits per heavy atom. The first kappa shape index (κ1) is 17.3. The summed E-state index contributed by atoms with van der Waals surface area (Å²) >= 11 is 0. The molecule has 1 aromatic rings. The molecule has 0 saturated carbocycles. The highest BCUT2D eigenvalue weighted by Gasteiger charge is 2.11. The van der Waals surface area contributed by atoms with Crippen molar-refractivity contribution in [3.63, 3.8) is 0 Å². The highest BCUT2D eigenvalue weighted by molar-refractivity contribution is 5.93. The van der Waals surface area contributed by atoms with Gasteiger partial charge in [-0.15, -0.1) is 0 Å². The lowest BCUT2D eigenvalue weighted by Gasteiger charge is -2.22. The van der Waals surface area contributed by atoms with E-state index in [9.17, 15) is 9.59 Å². The molecule has 0 unspecified atom stereocenters. The zero-order chi connectivity index (χ0) is 16.5. The molecule has 1 amide bonds. The van der Waals surface area contributed by atoms with Crippen LogP contribution in [-0.2, 0) is 19.1 Å². The number of methoxy groups -OCH3 is 1. The van der Waals surface area contributed by atoms with Gasteiger partial charge in [-0.05, 0) is 37.1 Å². The molecule has 0 atom stereocenters. The molecule has 126 valence electrons. The number of hydrogen-bond donors (Lipinski definition) is 1. The number of carbonyl (C=O) groups excluding carboxylic acids is 2. The van der Waals surface area contributed by atoms with Crippen molar-refractivity contribution in [1.82, 2.24) is 0 Å². The van der Waals surface area contributed by atoms with Crippen LogP contribution in [0, 0.1) is 0 Å². The van der Waals surface area contributed by atoms with Crippen molar-refractivity contribution >= 4 is 23.3 Å². The van der Waals surface area contributed by atoms with Gasteiger partial charge in [-0.1, -0.05) is 12.8 Å². The van der Waals surface area contributed by atoms with Crippen molar-refractivity contribution < 1.29 is 19.1 Å². The number of benzene rings is 1. The van der Waals surface area contributed by atoms with Gasteiger partial charge in [0.2, 0.25) is 0 Å². The van der Waals surface area contributed by atoms with Crippen molar-refractivity contribution in [1.29, 1.82) is 0 Å². The zero-order valence-corrected chi connectivity index (χ0v) is 13.5. The van der Waals surface area contributed by atoms with E-state index in [1.807, 2.05) is 24.3 Å². The number of ether oxygens (including phenoxy) is 2. The van der Waals surface area contributed by atoms with Crippen LogP contribution in [0.25, 0.3) is 0 Å². The minimum absolute atomic E-state index is 0.155. The minimum atomic E-state index is -0.556. The Morgan fingerprint density at radius 1 is 1.04 bits per heavy atom. The van der Waals surface area contributed by atoms with Gasteiger partial charge >= 0.3 is 5.97 Å². The summed E-state index contributed by atoms with van der Waals surface area (Å²) in [5.41, 5.74) is 1.87. The van der Waals surface area contributed by atoms with Crippen LogP contribution >= 0.6 is 0 Å². The largest absolute Gasteiger partial charge is 0.454 e. The number of nitrogens with zero attached hydrogens (tertiary/aromatic N) is 1. The van der Waals surface area contributed by atoms with Crippen LogP contribution in [0.5, 0.6) is 0 Å². The van der Waals surface area contributed by atoms with Gasteiger partial charge < -0.3 is 19.7 Å². The van der Waals surface area contributed by atoms with Crippen molar-refractivity contribution in [2.24, 2.45) is 0 Å². The fourth-order valence-electron chi connectivity index (χ4n) is 2.59. The number of nitrogens with one attached hydrogen (secondary N) is 1. The maximum absolute atomic E-state index is 11.7. The second-order valence-corrected chi connectivity index (χ2v) is 5.59. The quantitative estimate of drug-likeness (QED) is 0.814. The SMILES string of the molecule is COCC(=O)OCC(=O)Nc1ccc(N2CCCCCC2)cc1. The van der Waals surface area contributed by atoms with Crippen LogP contribution < -0.4 is 10.2 Å². The summed E-state index contributed by atoms with van der Waals surface area (Å²) in [5, 5.41) is 2.71. The normalized spacial score (nSPS) is 14.9. The van der Waals surface area contributed by atoms with Gasteiger partial charge in [0, 0.05) is 31.6 Å². The topological polar surface area (TPSA) is 67.9 Å². The average molecular weight is 320 g/mol. The highest BCUT2D eigenvalue weighted by atomic mass is 16.6. The van der Waals surface area contributed by atoms with E-state index in [2.05, 4.69) is 15.0 Å². The number of amides is 1. The van der Waals surface area contributed by atoms with Gasteiger partial charge in [-0.25, -0.2) is 4.79 Å². The van der Waals surface area contributed by atoms with Gasteiger partial charge in [0.05, 0.1) is 0 Å². The maximum Gasteiger partial charge on any atom is 0.332 e. The van der Waals surface area contributed by atoms with E-state index < -0.39 is 5.97 Å². The van der Waals surface area contributed by atoms with E-state index in [-0.39, 0.29) is 19.1 Å². The lowest BCUT2D eigenvalue weighted by atomic mass is 10.2. The first-order valence-electron chi connectivity index (χ1n) is 7.98. The van der Waals surface area contributed by atoms with Crippen LogP contribution in [0.3, 0.4) is 0 Å². The van der Waals surface area contributed by atoms with Crippen LogP contribution in [0.1, 0.15) is 25.7 Å². The Hall–Kier alpha value is -2.08. The first-order chi connectivity index (χ1) is 11.2. The van der Waals surface area contributed by atoms with Gasteiger partial charge in [0.15, 0.2) is 6.61 Å². The van der Waals surface area contributed by atoms with Crippen molar-refractivity contribution in [2.75, 3.05) is 43.6 Å². The fraction of sp³-hybridized carbons (Fsp3) is 0.529. The molecule has 1 N–H and O–H groups in total. The van der Waals surface area contributed by atoms with E-state index in [1.54, 1.807) is 0 Å². The maximum atomic E-state index is 11.7. The summed E-state index contributed by atoms with van der Waals surface area (Å²) < 4.78 is 9.39. The molecule has 1 heterocycles. The van der Waals surface area contributed by atoms with Gasteiger partial charge in [0.25, 0.3) is 5.91 Å². The third-order valence-corrected chi connectivity index (χ3v) is 3.75. The molecular formula is C17H24N2O4. The number of esters is 1. The van der Waals surface area contributed by atoms with Gasteiger partial charge in [-0.2, -0.15) is 0 Å². The van der Waals surface area contributed by atoms with E-state index in [0.29, 0.717) is 5.69 Å². The summed E-state index contributed by atoms with van der Waals surface area (Å²) in [6, 6.07) is 7.76. The van der Waals surface area contributed by atoms with E-state index in [4.69, 9.17) is 4.74 Å². The summed E-state index contributed by atoms with van der Waals surface area (Å²) in [6.07, 6.45) is 5.05. The Morgan fingerprint density at radius 2 is 1.70 bits per heavy atom. The second kappa shape index (κ2) is 9.15. The molecule has 23 heavy (non-hydrogen) atoms. The molecule has 2 rings (SSSR count). The second-order valence-electron chi connectivity index (χ2n) is 5.59.